The molecule has 1 aromatic heterocycles. The summed E-state index contributed by atoms with van der Waals surface area (Å²) >= 11 is 7.52. The zero-order valence-corrected chi connectivity index (χ0v) is 18.9. The van der Waals surface area contributed by atoms with Crippen LogP contribution >= 0.6 is 22.9 Å². The number of aromatic nitrogens is 1. The number of urea groups is 1. The Morgan fingerprint density at radius 1 is 1.00 bits per heavy atom. The summed E-state index contributed by atoms with van der Waals surface area (Å²) in [7, 11) is 0. The fraction of sp³-hybridized carbons (Fsp3) is 0.125. The number of fused-ring (bicyclic) bond motifs is 1. The van der Waals surface area contributed by atoms with Crippen molar-refractivity contribution in [3.05, 3.63) is 88.4 Å². The molecule has 0 saturated heterocycles. The molecule has 0 radical (unpaired) electrons. The zero-order valence-electron chi connectivity index (χ0n) is 17.3. The Kier molecular flexibility index (Phi) is 6.68. The average Bonchev–Trinajstić information content (AvgIpc) is 3.18. The molecule has 8 heteroatoms. The molecule has 3 N–H and O–H groups in total. The number of carbonyl (C=O) groups is 2. The van der Waals surface area contributed by atoms with Gasteiger partial charge in [-0.2, -0.15) is 0 Å². The van der Waals surface area contributed by atoms with Gasteiger partial charge in [0.1, 0.15) is 0 Å². The normalized spacial score (nSPS) is 10.7. The van der Waals surface area contributed by atoms with Crippen LogP contribution in [-0.2, 0) is 6.42 Å². The van der Waals surface area contributed by atoms with E-state index in [9.17, 15) is 9.59 Å². The van der Waals surface area contributed by atoms with Gasteiger partial charge in [0.15, 0.2) is 5.13 Å². The lowest BCUT2D eigenvalue weighted by atomic mass is 10.1. The quantitative estimate of drug-likeness (QED) is 0.333. The third kappa shape index (κ3) is 5.25. The van der Waals surface area contributed by atoms with Crippen LogP contribution in [0.2, 0.25) is 5.02 Å². The third-order valence-electron chi connectivity index (χ3n) is 4.87. The smallest absolute Gasteiger partial charge is 0.321 e. The van der Waals surface area contributed by atoms with Crippen molar-refractivity contribution in [2.24, 2.45) is 0 Å². The molecule has 1 heterocycles. The molecule has 0 atom stereocenters. The second-order valence-corrected chi connectivity index (χ2v) is 8.64. The third-order valence-corrected chi connectivity index (χ3v) is 6.12. The summed E-state index contributed by atoms with van der Waals surface area (Å²) in [5.41, 5.74) is 3.83. The van der Waals surface area contributed by atoms with Gasteiger partial charge in [0.2, 0.25) is 0 Å². The van der Waals surface area contributed by atoms with Gasteiger partial charge in [-0.25, -0.2) is 9.78 Å². The lowest BCUT2D eigenvalue weighted by molar-refractivity contribution is 0.102. The van der Waals surface area contributed by atoms with Crippen LogP contribution in [0.1, 0.15) is 21.5 Å². The van der Waals surface area contributed by atoms with Crippen molar-refractivity contribution in [3.8, 4) is 0 Å². The standard InChI is InChI=1S/C24H21ClN4O2S/c1-15-6-5-9-18(25)21(15)28-22(30)17-10-11-19-20(14-17)32-24(27-19)29-23(31)26-13-12-16-7-3-2-4-8-16/h2-11,14H,12-13H2,1H3,(H,28,30)(H2,26,27,29,31). The van der Waals surface area contributed by atoms with Crippen LogP contribution in [0.5, 0.6) is 0 Å². The Balaban J connectivity index is 1.39. The number of hydrogen-bond donors (Lipinski definition) is 3. The first-order valence-corrected chi connectivity index (χ1v) is 11.2. The maximum absolute atomic E-state index is 12.7. The summed E-state index contributed by atoms with van der Waals surface area (Å²) in [6, 6.07) is 20.3. The molecule has 3 amide bonds. The molecule has 0 unspecified atom stereocenters. The Hall–Kier alpha value is -3.42. The topological polar surface area (TPSA) is 83.1 Å². The fourth-order valence-electron chi connectivity index (χ4n) is 3.20. The number of benzene rings is 3. The van der Waals surface area contributed by atoms with Crippen molar-refractivity contribution >= 4 is 55.9 Å². The number of para-hydroxylation sites is 1. The Morgan fingerprint density at radius 3 is 2.59 bits per heavy atom. The van der Waals surface area contributed by atoms with Crippen LogP contribution in [0, 0.1) is 6.92 Å². The van der Waals surface area contributed by atoms with Crippen molar-refractivity contribution in [3.63, 3.8) is 0 Å². The summed E-state index contributed by atoms with van der Waals surface area (Å²) in [6.07, 6.45) is 0.748. The van der Waals surface area contributed by atoms with Crippen molar-refractivity contribution in [1.82, 2.24) is 10.3 Å². The number of halogens is 1. The van der Waals surface area contributed by atoms with Gasteiger partial charge < -0.3 is 10.6 Å². The van der Waals surface area contributed by atoms with Crippen LogP contribution in [-0.4, -0.2) is 23.5 Å². The second-order valence-electron chi connectivity index (χ2n) is 7.20. The summed E-state index contributed by atoms with van der Waals surface area (Å²) in [5, 5.41) is 9.42. The molecule has 4 rings (SSSR count). The van der Waals surface area contributed by atoms with Gasteiger partial charge in [-0.05, 0) is 48.7 Å². The lowest BCUT2D eigenvalue weighted by Gasteiger charge is -2.10. The van der Waals surface area contributed by atoms with E-state index < -0.39 is 0 Å². The number of carbonyl (C=O) groups excluding carboxylic acids is 2. The SMILES string of the molecule is Cc1cccc(Cl)c1NC(=O)c1ccc2nc(NC(=O)NCCc3ccccc3)sc2c1. The molecular formula is C24H21ClN4O2S. The minimum atomic E-state index is -0.313. The Morgan fingerprint density at radius 2 is 1.81 bits per heavy atom. The van der Waals surface area contributed by atoms with Gasteiger partial charge in [-0.3, -0.25) is 10.1 Å². The molecule has 0 aliphatic rings. The summed E-state index contributed by atoms with van der Waals surface area (Å²) in [5.74, 6) is -0.260. The number of thiazole rings is 1. The number of hydrogen-bond acceptors (Lipinski definition) is 4. The molecule has 0 bridgehead atoms. The first-order valence-electron chi connectivity index (χ1n) is 10.1. The summed E-state index contributed by atoms with van der Waals surface area (Å²) in [6.45, 7) is 2.41. The minimum Gasteiger partial charge on any atom is -0.337 e. The van der Waals surface area contributed by atoms with E-state index in [0.717, 1.165) is 22.2 Å². The number of nitrogens with one attached hydrogen (secondary N) is 3. The highest BCUT2D eigenvalue weighted by Gasteiger charge is 2.13. The van der Waals surface area contributed by atoms with Crippen LogP contribution in [0.15, 0.2) is 66.7 Å². The van der Waals surface area contributed by atoms with E-state index >= 15 is 0 Å². The minimum absolute atomic E-state index is 0.260. The molecule has 162 valence electrons. The zero-order chi connectivity index (χ0) is 22.5. The first-order chi connectivity index (χ1) is 15.5. The van der Waals surface area contributed by atoms with Crippen molar-refractivity contribution in [2.45, 2.75) is 13.3 Å². The molecular weight excluding hydrogens is 444 g/mol. The van der Waals surface area contributed by atoms with Crippen LogP contribution < -0.4 is 16.0 Å². The van der Waals surface area contributed by atoms with Crippen LogP contribution in [0.4, 0.5) is 15.6 Å². The van der Waals surface area contributed by atoms with Crippen molar-refractivity contribution in [2.75, 3.05) is 17.2 Å². The number of nitrogens with zero attached hydrogens (tertiary/aromatic N) is 1. The van der Waals surface area contributed by atoms with Gasteiger partial charge in [-0.1, -0.05) is 65.4 Å². The van der Waals surface area contributed by atoms with Gasteiger partial charge in [0.05, 0.1) is 20.9 Å². The summed E-state index contributed by atoms with van der Waals surface area (Å²) < 4.78 is 0.799. The average molecular weight is 465 g/mol. The maximum atomic E-state index is 12.7. The molecule has 3 aromatic carbocycles. The Labute approximate surface area is 194 Å². The second kappa shape index (κ2) is 9.80. The molecule has 0 saturated carbocycles. The van der Waals surface area contributed by atoms with Gasteiger partial charge in [0.25, 0.3) is 5.91 Å². The van der Waals surface area contributed by atoms with E-state index in [1.807, 2.05) is 49.4 Å². The molecule has 6 nitrogen and oxygen atoms in total. The molecule has 0 fully saturated rings. The van der Waals surface area contributed by atoms with E-state index in [-0.39, 0.29) is 11.9 Å². The molecule has 0 aliphatic heterocycles. The largest absolute Gasteiger partial charge is 0.337 e. The van der Waals surface area contributed by atoms with Crippen LogP contribution in [0.3, 0.4) is 0 Å². The van der Waals surface area contributed by atoms with Gasteiger partial charge >= 0.3 is 6.03 Å². The first kappa shape index (κ1) is 21.8. The van der Waals surface area contributed by atoms with Crippen molar-refractivity contribution in [1.29, 1.82) is 0 Å². The predicted molar refractivity (Wildman–Crippen MR) is 131 cm³/mol. The van der Waals surface area contributed by atoms with E-state index in [2.05, 4.69) is 20.9 Å². The van der Waals surface area contributed by atoms with E-state index in [1.54, 1.807) is 24.3 Å². The predicted octanol–water partition coefficient (Wildman–Crippen LogP) is 5.87. The molecule has 0 aliphatic carbocycles. The highest BCUT2D eigenvalue weighted by molar-refractivity contribution is 7.22. The number of anilines is 2. The number of amides is 3. The molecule has 32 heavy (non-hydrogen) atoms. The molecule has 4 aromatic rings. The lowest BCUT2D eigenvalue weighted by Crippen LogP contribution is -2.30. The monoisotopic (exact) mass is 464 g/mol. The van der Waals surface area contributed by atoms with E-state index in [4.69, 9.17) is 11.6 Å². The fourth-order valence-corrected chi connectivity index (χ4v) is 4.37. The summed E-state index contributed by atoms with van der Waals surface area (Å²) in [4.78, 5) is 29.3. The van der Waals surface area contributed by atoms with E-state index in [0.29, 0.717) is 33.5 Å². The van der Waals surface area contributed by atoms with E-state index in [1.165, 1.54) is 11.3 Å². The Bertz CT molecular complexity index is 1250. The number of rotatable bonds is 6. The van der Waals surface area contributed by atoms with Crippen molar-refractivity contribution < 1.29 is 9.59 Å². The van der Waals surface area contributed by atoms with Crippen LogP contribution in [0.25, 0.3) is 10.2 Å². The van der Waals surface area contributed by atoms with Gasteiger partial charge in [0, 0.05) is 12.1 Å². The van der Waals surface area contributed by atoms with Gasteiger partial charge in [-0.15, -0.1) is 0 Å². The highest BCUT2D eigenvalue weighted by atomic mass is 35.5. The highest BCUT2D eigenvalue weighted by Crippen LogP contribution is 2.29. The number of aryl methyl sites for hydroxylation is 1. The maximum Gasteiger partial charge on any atom is 0.321 e. The molecule has 0 spiro atoms.